The lowest BCUT2D eigenvalue weighted by Gasteiger charge is -2.08. The molecule has 4 heteroatoms. The molecule has 2 aromatic carbocycles. The lowest BCUT2D eigenvalue weighted by atomic mass is 10.1. The zero-order valence-corrected chi connectivity index (χ0v) is 15.9. The predicted molar refractivity (Wildman–Crippen MR) is 106 cm³/mol. The van der Waals surface area contributed by atoms with Crippen LogP contribution in [0.3, 0.4) is 0 Å². The SMILES string of the molecule is Cc1ccc(OCCCC(=O)NCCSCc2ccccc2C)cc1. The molecule has 0 bridgehead atoms. The summed E-state index contributed by atoms with van der Waals surface area (Å²) in [6, 6.07) is 16.4. The molecule has 0 saturated heterocycles. The summed E-state index contributed by atoms with van der Waals surface area (Å²) >= 11 is 1.85. The quantitative estimate of drug-likeness (QED) is 0.636. The van der Waals surface area contributed by atoms with Crippen LogP contribution in [0.15, 0.2) is 48.5 Å². The third-order valence-electron chi connectivity index (χ3n) is 3.93. The Kier molecular flexibility index (Phi) is 8.40. The Balaban J connectivity index is 1.49. The summed E-state index contributed by atoms with van der Waals surface area (Å²) < 4.78 is 5.63. The molecule has 1 N–H and O–H groups in total. The molecule has 0 aliphatic carbocycles. The number of aryl methyl sites for hydroxylation is 2. The summed E-state index contributed by atoms with van der Waals surface area (Å²) in [5.74, 6) is 2.88. The Morgan fingerprint density at radius 1 is 1.08 bits per heavy atom. The molecule has 2 rings (SSSR count). The largest absolute Gasteiger partial charge is 0.494 e. The van der Waals surface area contributed by atoms with E-state index in [9.17, 15) is 4.79 Å². The first-order valence-corrected chi connectivity index (χ1v) is 9.89. The summed E-state index contributed by atoms with van der Waals surface area (Å²) in [6.07, 6.45) is 1.24. The van der Waals surface area contributed by atoms with E-state index in [1.54, 1.807) is 0 Å². The van der Waals surface area contributed by atoms with Crippen LogP contribution in [-0.2, 0) is 10.5 Å². The van der Waals surface area contributed by atoms with Crippen LogP contribution >= 0.6 is 11.8 Å². The molecule has 3 nitrogen and oxygen atoms in total. The average Bonchev–Trinajstić information content (AvgIpc) is 2.61. The molecule has 0 heterocycles. The summed E-state index contributed by atoms with van der Waals surface area (Å²) in [4.78, 5) is 11.8. The lowest BCUT2D eigenvalue weighted by Crippen LogP contribution is -2.25. The van der Waals surface area contributed by atoms with E-state index < -0.39 is 0 Å². The minimum Gasteiger partial charge on any atom is -0.494 e. The molecule has 0 aromatic heterocycles. The van der Waals surface area contributed by atoms with E-state index in [0.29, 0.717) is 19.6 Å². The van der Waals surface area contributed by atoms with Gasteiger partial charge in [-0.25, -0.2) is 0 Å². The molecule has 0 aliphatic heterocycles. The van der Waals surface area contributed by atoms with E-state index in [2.05, 4.69) is 36.5 Å². The van der Waals surface area contributed by atoms with Gasteiger partial charge in [0.05, 0.1) is 6.61 Å². The van der Waals surface area contributed by atoms with Crippen LogP contribution < -0.4 is 10.1 Å². The van der Waals surface area contributed by atoms with Gasteiger partial charge in [0.1, 0.15) is 5.75 Å². The maximum Gasteiger partial charge on any atom is 0.220 e. The molecule has 2 aromatic rings. The number of ether oxygens (including phenoxy) is 1. The standard InChI is InChI=1S/C21H27NO2S/c1-17-9-11-20(12-10-17)24-14-5-8-21(23)22-13-15-25-16-19-7-4-3-6-18(19)2/h3-4,6-7,9-12H,5,8,13-16H2,1-2H3,(H,22,23). The van der Waals surface area contributed by atoms with Crippen molar-refractivity contribution in [3.05, 3.63) is 65.2 Å². The van der Waals surface area contributed by atoms with E-state index in [0.717, 1.165) is 23.7 Å². The molecule has 25 heavy (non-hydrogen) atoms. The third kappa shape index (κ3) is 7.65. The molecule has 0 fully saturated rings. The van der Waals surface area contributed by atoms with Crippen molar-refractivity contribution >= 4 is 17.7 Å². The Labute approximate surface area is 155 Å². The van der Waals surface area contributed by atoms with Gasteiger partial charge in [0, 0.05) is 24.5 Å². The number of benzene rings is 2. The first kappa shape index (κ1) is 19.4. The second-order valence-electron chi connectivity index (χ2n) is 6.09. The number of carbonyl (C=O) groups is 1. The smallest absolute Gasteiger partial charge is 0.220 e. The molecule has 0 spiro atoms. The predicted octanol–water partition coefficient (Wildman–Crippen LogP) is 4.51. The maximum absolute atomic E-state index is 11.8. The van der Waals surface area contributed by atoms with Crippen LogP contribution in [0.25, 0.3) is 0 Å². The molecular weight excluding hydrogens is 330 g/mol. The van der Waals surface area contributed by atoms with Crippen molar-refractivity contribution < 1.29 is 9.53 Å². The third-order valence-corrected chi connectivity index (χ3v) is 4.93. The lowest BCUT2D eigenvalue weighted by molar-refractivity contribution is -0.121. The fraction of sp³-hybridized carbons (Fsp3) is 0.381. The van der Waals surface area contributed by atoms with Gasteiger partial charge in [0.15, 0.2) is 0 Å². The highest BCUT2D eigenvalue weighted by Gasteiger charge is 2.02. The Bertz CT molecular complexity index is 655. The van der Waals surface area contributed by atoms with Crippen LogP contribution in [0.2, 0.25) is 0 Å². The number of hydrogen-bond acceptors (Lipinski definition) is 3. The Morgan fingerprint density at radius 3 is 2.60 bits per heavy atom. The fourth-order valence-electron chi connectivity index (χ4n) is 2.36. The first-order chi connectivity index (χ1) is 12.1. The van der Waals surface area contributed by atoms with Crippen LogP contribution in [-0.4, -0.2) is 24.8 Å². The summed E-state index contributed by atoms with van der Waals surface area (Å²) in [6.45, 7) is 5.47. The normalized spacial score (nSPS) is 10.5. The second-order valence-corrected chi connectivity index (χ2v) is 7.20. The van der Waals surface area contributed by atoms with Crippen molar-refractivity contribution in [1.29, 1.82) is 0 Å². The molecule has 134 valence electrons. The van der Waals surface area contributed by atoms with E-state index in [-0.39, 0.29) is 5.91 Å². The Hall–Kier alpha value is -1.94. The molecule has 0 atom stereocenters. The van der Waals surface area contributed by atoms with Gasteiger partial charge < -0.3 is 10.1 Å². The summed E-state index contributed by atoms with van der Waals surface area (Å²) in [5.41, 5.74) is 3.91. The van der Waals surface area contributed by atoms with Crippen molar-refractivity contribution in [2.45, 2.75) is 32.4 Å². The van der Waals surface area contributed by atoms with Gasteiger partial charge in [-0.15, -0.1) is 0 Å². The maximum atomic E-state index is 11.8. The van der Waals surface area contributed by atoms with Crippen LogP contribution in [0.4, 0.5) is 0 Å². The molecule has 1 amide bonds. The van der Waals surface area contributed by atoms with Gasteiger partial charge in [0.25, 0.3) is 0 Å². The number of nitrogens with one attached hydrogen (secondary N) is 1. The minimum atomic E-state index is 0.101. The van der Waals surface area contributed by atoms with Crippen molar-refractivity contribution in [2.75, 3.05) is 18.9 Å². The van der Waals surface area contributed by atoms with Crippen LogP contribution in [0.1, 0.15) is 29.5 Å². The number of amides is 1. The second kappa shape index (κ2) is 10.8. The van der Waals surface area contributed by atoms with Gasteiger partial charge in [-0.3, -0.25) is 4.79 Å². The molecular formula is C21H27NO2S. The molecule has 0 unspecified atom stereocenters. The van der Waals surface area contributed by atoms with Gasteiger partial charge in [-0.2, -0.15) is 11.8 Å². The molecule has 0 aliphatic rings. The van der Waals surface area contributed by atoms with E-state index in [4.69, 9.17) is 4.74 Å². The van der Waals surface area contributed by atoms with Gasteiger partial charge in [-0.1, -0.05) is 42.0 Å². The molecule has 0 radical (unpaired) electrons. The minimum absolute atomic E-state index is 0.101. The van der Waals surface area contributed by atoms with Crippen molar-refractivity contribution in [2.24, 2.45) is 0 Å². The number of hydrogen-bond donors (Lipinski definition) is 1. The monoisotopic (exact) mass is 357 g/mol. The first-order valence-electron chi connectivity index (χ1n) is 8.73. The van der Waals surface area contributed by atoms with Crippen molar-refractivity contribution in [1.82, 2.24) is 5.32 Å². The van der Waals surface area contributed by atoms with E-state index >= 15 is 0 Å². The number of carbonyl (C=O) groups excluding carboxylic acids is 1. The topological polar surface area (TPSA) is 38.3 Å². The fourth-order valence-corrected chi connectivity index (χ4v) is 3.30. The highest BCUT2D eigenvalue weighted by atomic mass is 32.2. The van der Waals surface area contributed by atoms with Gasteiger partial charge >= 0.3 is 0 Å². The zero-order valence-electron chi connectivity index (χ0n) is 15.1. The van der Waals surface area contributed by atoms with Crippen LogP contribution in [0, 0.1) is 13.8 Å². The van der Waals surface area contributed by atoms with Gasteiger partial charge in [0.2, 0.25) is 5.91 Å². The zero-order chi connectivity index (χ0) is 17.9. The van der Waals surface area contributed by atoms with Crippen molar-refractivity contribution in [3.63, 3.8) is 0 Å². The van der Waals surface area contributed by atoms with Gasteiger partial charge in [-0.05, 0) is 43.5 Å². The van der Waals surface area contributed by atoms with Crippen LogP contribution in [0.5, 0.6) is 5.75 Å². The number of thioether (sulfide) groups is 1. The highest BCUT2D eigenvalue weighted by Crippen LogP contribution is 2.15. The number of rotatable bonds is 10. The van der Waals surface area contributed by atoms with E-state index in [1.165, 1.54) is 16.7 Å². The molecule has 0 saturated carbocycles. The summed E-state index contributed by atoms with van der Waals surface area (Å²) in [7, 11) is 0. The highest BCUT2D eigenvalue weighted by molar-refractivity contribution is 7.98. The van der Waals surface area contributed by atoms with E-state index in [1.807, 2.05) is 43.0 Å². The summed E-state index contributed by atoms with van der Waals surface area (Å²) in [5, 5.41) is 2.97. The Morgan fingerprint density at radius 2 is 1.84 bits per heavy atom. The average molecular weight is 358 g/mol. The van der Waals surface area contributed by atoms with Crippen molar-refractivity contribution in [3.8, 4) is 5.75 Å².